The maximum Gasteiger partial charge on any atom is 0.213 e. The molecule has 0 aliphatic rings. The van der Waals surface area contributed by atoms with Crippen LogP contribution in [0.5, 0.6) is 0 Å². The SMILES string of the molecule is CC(C)(C)c1nc(C(C)(C)C)c(-c2nc(=S)[nH][nH]2)s1. The molecule has 0 spiro atoms. The van der Waals surface area contributed by atoms with Crippen molar-refractivity contribution in [2.75, 3.05) is 0 Å². The van der Waals surface area contributed by atoms with E-state index in [1.165, 1.54) is 0 Å². The Morgan fingerprint density at radius 1 is 0.947 bits per heavy atom. The van der Waals surface area contributed by atoms with Crippen LogP contribution in [0.3, 0.4) is 0 Å². The third-order valence-electron chi connectivity index (χ3n) is 2.70. The summed E-state index contributed by atoms with van der Waals surface area (Å²) in [6.45, 7) is 13.0. The van der Waals surface area contributed by atoms with Gasteiger partial charge in [-0.25, -0.2) is 4.98 Å². The van der Waals surface area contributed by atoms with Gasteiger partial charge in [0.25, 0.3) is 0 Å². The van der Waals surface area contributed by atoms with E-state index in [4.69, 9.17) is 17.2 Å². The normalized spacial score (nSPS) is 12.9. The lowest BCUT2D eigenvalue weighted by atomic mass is 9.90. The van der Waals surface area contributed by atoms with Crippen molar-refractivity contribution in [1.82, 2.24) is 20.2 Å². The minimum atomic E-state index is -0.0241. The number of hydrogen-bond donors (Lipinski definition) is 2. The van der Waals surface area contributed by atoms with Gasteiger partial charge in [0.05, 0.1) is 15.6 Å². The van der Waals surface area contributed by atoms with Gasteiger partial charge in [-0.3, -0.25) is 10.2 Å². The topological polar surface area (TPSA) is 57.4 Å². The van der Waals surface area contributed by atoms with Crippen molar-refractivity contribution in [2.24, 2.45) is 0 Å². The van der Waals surface area contributed by atoms with Gasteiger partial charge in [-0.2, -0.15) is 4.98 Å². The smallest absolute Gasteiger partial charge is 0.213 e. The van der Waals surface area contributed by atoms with Crippen molar-refractivity contribution in [3.8, 4) is 10.7 Å². The highest BCUT2D eigenvalue weighted by atomic mass is 32.1. The summed E-state index contributed by atoms with van der Waals surface area (Å²) in [7, 11) is 0. The van der Waals surface area contributed by atoms with Crippen LogP contribution in [0.25, 0.3) is 10.7 Å². The zero-order chi connectivity index (χ0) is 14.4. The average molecular weight is 296 g/mol. The summed E-state index contributed by atoms with van der Waals surface area (Å²) in [5, 5.41) is 7.00. The summed E-state index contributed by atoms with van der Waals surface area (Å²) in [5.74, 6) is 0.780. The molecule has 0 aliphatic carbocycles. The van der Waals surface area contributed by atoms with Crippen LogP contribution in [0.4, 0.5) is 0 Å². The molecule has 0 aliphatic heterocycles. The average Bonchev–Trinajstić information content (AvgIpc) is 2.79. The van der Waals surface area contributed by atoms with Crippen molar-refractivity contribution in [3.05, 3.63) is 15.5 Å². The molecule has 0 amide bonds. The van der Waals surface area contributed by atoms with Gasteiger partial charge in [0.2, 0.25) is 4.77 Å². The Balaban J connectivity index is 2.65. The Labute approximate surface area is 122 Å². The molecule has 2 rings (SSSR count). The predicted octanol–water partition coefficient (Wildman–Crippen LogP) is 4.19. The van der Waals surface area contributed by atoms with Crippen LogP contribution in [0.2, 0.25) is 0 Å². The van der Waals surface area contributed by atoms with Gasteiger partial charge in [0.1, 0.15) is 0 Å². The number of nitrogens with zero attached hydrogens (tertiary/aromatic N) is 2. The molecule has 104 valence electrons. The van der Waals surface area contributed by atoms with Crippen molar-refractivity contribution in [3.63, 3.8) is 0 Å². The second-order valence-electron chi connectivity index (χ2n) is 6.71. The number of hydrogen-bond acceptors (Lipinski definition) is 4. The third kappa shape index (κ3) is 2.95. The van der Waals surface area contributed by atoms with Gasteiger partial charge in [-0.15, -0.1) is 11.3 Å². The number of aromatic amines is 2. The number of H-pyrrole nitrogens is 2. The van der Waals surface area contributed by atoms with E-state index in [-0.39, 0.29) is 10.8 Å². The fourth-order valence-electron chi connectivity index (χ4n) is 1.69. The quantitative estimate of drug-likeness (QED) is 0.776. The molecule has 0 bridgehead atoms. The van der Waals surface area contributed by atoms with Crippen molar-refractivity contribution in [1.29, 1.82) is 0 Å². The highest BCUT2D eigenvalue weighted by molar-refractivity contribution is 7.71. The van der Waals surface area contributed by atoms with Crippen LogP contribution >= 0.6 is 23.6 Å². The standard InChI is InChI=1S/C13H20N4S2/c1-12(2,3)8-7(9-15-11(18)17-16-9)19-10(14-8)13(4,5)6/h1-6H3,(H2,15,16,17,18). The molecule has 0 fully saturated rings. The van der Waals surface area contributed by atoms with Crippen LogP contribution < -0.4 is 0 Å². The van der Waals surface area contributed by atoms with Gasteiger partial charge in [0.15, 0.2) is 5.82 Å². The lowest BCUT2D eigenvalue weighted by Gasteiger charge is -2.17. The number of rotatable bonds is 1. The fourth-order valence-corrected chi connectivity index (χ4v) is 3.11. The molecule has 4 nitrogen and oxygen atoms in total. The molecule has 19 heavy (non-hydrogen) atoms. The summed E-state index contributed by atoms with van der Waals surface area (Å²) >= 11 is 6.72. The zero-order valence-corrected chi connectivity index (χ0v) is 13.8. The van der Waals surface area contributed by atoms with Gasteiger partial charge in [-0.1, -0.05) is 41.5 Å². The summed E-state index contributed by atoms with van der Waals surface area (Å²) in [6.07, 6.45) is 0. The minimum Gasteiger partial charge on any atom is -0.281 e. The van der Waals surface area contributed by atoms with Crippen LogP contribution in [-0.2, 0) is 10.8 Å². The second kappa shape index (κ2) is 4.52. The minimum absolute atomic E-state index is 0.0241. The van der Waals surface area contributed by atoms with Crippen LogP contribution in [0, 0.1) is 4.77 Å². The summed E-state index contributed by atoms with van der Waals surface area (Å²) in [6, 6.07) is 0. The van der Waals surface area contributed by atoms with E-state index in [0.717, 1.165) is 21.4 Å². The monoisotopic (exact) mass is 296 g/mol. The molecular formula is C13H20N4S2. The van der Waals surface area contributed by atoms with Crippen LogP contribution in [0.15, 0.2) is 0 Å². The maximum absolute atomic E-state index is 5.04. The van der Waals surface area contributed by atoms with Crippen LogP contribution in [-0.4, -0.2) is 20.2 Å². The predicted molar refractivity (Wildman–Crippen MR) is 82.3 cm³/mol. The molecule has 0 saturated carbocycles. The maximum atomic E-state index is 5.04. The van der Waals surface area contributed by atoms with Gasteiger partial charge < -0.3 is 0 Å². The molecule has 2 aromatic heterocycles. The van der Waals surface area contributed by atoms with E-state index in [1.807, 2.05) is 0 Å². The molecule has 6 heteroatoms. The lowest BCUT2D eigenvalue weighted by molar-refractivity contribution is 0.547. The van der Waals surface area contributed by atoms with Crippen molar-refractivity contribution >= 4 is 23.6 Å². The van der Waals surface area contributed by atoms with E-state index in [9.17, 15) is 0 Å². The first-order valence-electron chi connectivity index (χ1n) is 6.26. The molecule has 2 aromatic rings. The molecule has 0 atom stereocenters. The highest BCUT2D eigenvalue weighted by Crippen LogP contribution is 2.39. The largest absolute Gasteiger partial charge is 0.281 e. The van der Waals surface area contributed by atoms with Gasteiger partial charge in [-0.05, 0) is 12.2 Å². The Morgan fingerprint density at radius 2 is 1.58 bits per heavy atom. The third-order valence-corrected chi connectivity index (χ3v) is 4.38. The lowest BCUT2D eigenvalue weighted by Crippen LogP contribution is -2.15. The first kappa shape index (κ1) is 14.4. The van der Waals surface area contributed by atoms with E-state index in [0.29, 0.717) is 4.77 Å². The molecule has 0 aromatic carbocycles. The van der Waals surface area contributed by atoms with Crippen molar-refractivity contribution in [2.45, 2.75) is 52.4 Å². The second-order valence-corrected chi connectivity index (χ2v) is 8.10. The zero-order valence-electron chi connectivity index (χ0n) is 12.2. The summed E-state index contributed by atoms with van der Waals surface area (Å²) in [5.41, 5.74) is 1.08. The number of thiazole rings is 1. The van der Waals surface area contributed by atoms with E-state index < -0.39 is 0 Å². The summed E-state index contributed by atoms with van der Waals surface area (Å²) in [4.78, 5) is 10.2. The Morgan fingerprint density at radius 3 is 2.00 bits per heavy atom. The number of aromatic nitrogens is 4. The van der Waals surface area contributed by atoms with Crippen molar-refractivity contribution < 1.29 is 0 Å². The number of nitrogens with one attached hydrogen (secondary N) is 2. The van der Waals surface area contributed by atoms with Gasteiger partial charge >= 0.3 is 0 Å². The Kier molecular flexibility index (Phi) is 3.43. The molecule has 0 unspecified atom stereocenters. The highest BCUT2D eigenvalue weighted by Gasteiger charge is 2.29. The van der Waals surface area contributed by atoms with E-state index in [2.05, 4.69) is 56.7 Å². The molecule has 2 N–H and O–H groups in total. The first-order chi connectivity index (χ1) is 8.59. The Bertz CT molecular complexity index is 635. The van der Waals surface area contributed by atoms with Gasteiger partial charge in [0, 0.05) is 10.8 Å². The van der Waals surface area contributed by atoms with Crippen LogP contribution in [0.1, 0.15) is 52.2 Å². The van der Waals surface area contributed by atoms with E-state index in [1.54, 1.807) is 11.3 Å². The molecular weight excluding hydrogens is 276 g/mol. The summed E-state index contributed by atoms with van der Waals surface area (Å²) < 4.78 is 0.473. The first-order valence-corrected chi connectivity index (χ1v) is 7.48. The molecule has 0 radical (unpaired) electrons. The molecule has 0 saturated heterocycles. The Hall–Kier alpha value is -1.01. The fraction of sp³-hybridized carbons (Fsp3) is 0.615. The van der Waals surface area contributed by atoms with E-state index >= 15 is 0 Å². The molecule has 2 heterocycles.